The van der Waals surface area contributed by atoms with Crippen molar-refractivity contribution in [2.75, 3.05) is 13.1 Å². The fourth-order valence-corrected chi connectivity index (χ4v) is 3.38. The molecule has 0 spiro atoms. The molecule has 0 unspecified atom stereocenters. The normalized spacial score (nSPS) is 29.9. The van der Waals surface area contributed by atoms with Crippen LogP contribution in [0.25, 0.3) is 0 Å². The van der Waals surface area contributed by atoms with E-state index in [0.29, 0.717) is 0 Å². The third kappa shape index (κ3) is 1.98. The minimum atomic E-state index is 1.01. The number of benzene rings is 1. The second kappa shape index (κ2) is 3.91. The van der Waals surface area contributed by atoms with Crippen molar-refractivity contribution in [1.29, 1.82) is 0 Å². The average molecular weight is 266 g/mol. The summed E-state index contributed by atoms with van der Waals surface area (Å²) in [5, 5.41) is 0. The van der Waals surface area contributed by atoms with E-state index in [1.807, 2.05) is 0 Å². The molecule has 0 radical (unpaired) electrons. The highest BCUT2D eigenvalue weighted by molar-refractivity contribution is 9.10. The topological polar surface area (TPSA) is 3.24 Å². The van der Waals surface area contributed by atoms with Crippen molar-refractivity contribution >= 4 is 15.9 Å². The molecule has 2 aliphatic heterocycles. The van der Waals surface area contributed by atoms with Gasteiger partial charge in [0.1, 0.15) is 0 Å². The molecule has 3 aliphatic rings. The Kier molecular flexibility index (Phi) is 2.57. The van der Waals surface area contributed by atoms with Crippen LogP contribution in [-0.2, 0) is 6.54 Å². The van der Waals surface area contributed by atoms with Gasteiger partial charge in [-0.1, -0.05) is 34.1 Å². The van der Waals surface area contributed by atoms with Gasteiger partial charge in [-0.3, -0.25) is 4.90 Å². The summed E-state index contributed by atoms with van der Waals surface area (Å²) in [7, 11) is 0. The van der Waals surface area contributed by atoms with Crippen LogP contribution < -0.4 is 0 Å². The number of rotatable bonds is 2. The molecule has 1 aromatic carbocycles. The van der Waals surface area contributed by atoms with Gasteiger partial charge < -0.3 is 0 Å². The van der Waals surface area contributed by atoms with E-state index in [1.165, 1.54) is 36.0 Å². The second-order valence-electron chi connectivity index (χ2n) is 4.99. The summed E-state index contributed by atoms with van der Waals surface area (Å²) < 4.78 is 1.25. The molecule has 15 heavy (non-hydrogen) atoms. The first-order valence-corrected chi connectivity index (χ1v) is 6.56. The summed E-state index contributed by atoms with van der Waals surface area (Å²) in [5.74, 6) is 2.01. The molecule has 0 atom stereocenters. The van der Waals surface area contributed by atoms with E-state index in [4.69, 9.17) is 0 Å². The zero-order chi connectivity index (χ0) is 10.3. The van der Waals surface area contributed by atoms with Crippen LogP contribution in [0.5, 0.6) is 0 Å². The summed E-state index contributed by atoms with van der Waals surface area (Å²) in [6.45, 7) is 3.75. The van der Waals surface area contributed by atoms with Gasteiger partial charge in [0.05, 0.1) is 0 Å². The Hall–Kier alpha value is -0.340. The van der Waals surface area contributed by atoms with Gasteiger partial charge >= 0.3 is 0 Å². The van der Waals surface area contributed by atoms with Gasteiger partial charge in [0.25, 0.3) is 0 Å². The van der Waals surface area contributed by atoms with Crippen molar-refractivity contribution < 1.29 is 0 Å². The zero-order valence-corrected chi connectivity index (χ0v) is 10.4. The molecule has 1 saturated carbocycles. The van der Waals surface area contributed by atoms with Crippen molar-refractivity contribution in [1.82, 2.24) is 4.90 Å². The van der Waals surface area contributed by atoms with Crippen molar-refractivity contribution in [3.63, 3.8) is 0 Å². The molecule has 1 aliphatic carbocycles. The summed E-state index contributed by atoms with van der Waals surface area (Å²) >= 11 is 3.62. The van der Waals surface area contributed by atoms with Gasteiger partial charge in [-0.25, -0.2) is 0 Å². The quantitative estimate of drug-likeness (QED) is 0.794. The predicted molar refractivity (Wildman–Crippen MR) is 65.6 cm³/mol. The highest BCUT2D eigenvalue weighted by Gasteiger charge is 2.36. The van der Waals surface area contributed by atoms with Crippen LogP contribution in [0.15, 0.2) is 28.7 Å². The van der Waals surface area contributed by atoms with E-state index >= 15 is 0 Å². The zero-order valence-electron chi connectivity index (χ0n) is 8.82. The van der Waals surface area contributed by atoms with Crippen molar-refractivity contribution in [3.8, 4) is 0 Å². The van der Waals surface area contributed by atoms with Gasteiger partial charge in [-0.15, -0.1) is 0 Å². The lowest BCUT2D eigenvalue weighted by Gasteiger charge is -2.47. The number of nitrogens with zero attached hydrogens (tertiary/aromatic N) is 1. The van der Waals surface area contributed by atoms with Crippen LogP contribution in [0, 0.1) is 11.8 Å². The molecule has 80 valence electrons. The third-order valence-electron chi connectivity index (χ3n) is 3.72. The van der Waals surface area contributed by atoms with Crippen LogP contribution in [0.4, 0.5) is 0 Å². The van der Waals surface area contributed by atoms with Crippen molar-refractivity contribution in [2.24, 2.45) is 11.8 Å². The molecule has 1 aromatic rings. The predicted octanol–water partition coefficient (Wildman–Crippen LogP) is 3.29. The van der Waals surface area contributed by atoms with Gasteiger partial charge in [0.15, 0.2) is 0 Å². The Morgan fingerprint density at radius 1 is 1.13 bits per heavy atom. The lowest BCUT2D eigenvalue weighted by molar-refractivity contribution is 0.0227. The monoisotopic (exact) mass is 265 g/mol. The lowest BCUT2D eigenvalue weighted by Crippen LogP contribution is -2.48. The van der Waals surface area contributed by atoms with E-state index in [0.717, 1.165) is 18.4 Å². The molecular formula is C13H16BrN. The molecule has 3 fully saturated rings. The minimum absolute atomic E-state index is 1.01. The van der Waals surface area contributed by atoms with E-state index in [1.54, 1.807) is 0 Å². The van der Waals surface area contributed by atoms with Gasteiger partial charge in [-0.2, -0.15) is 0 Å². The Bertz CT molecular complexity index is 347. The summed E-state index contributed by atoms with van der Waals surface area (Å²) in [6.07, 6.45) is 2.99. The minimum Gasteiger partial charge on any atom is -0.298 e. The van der Waals surface area contributed by atoms with E-state index in [2.05, 4.69) is 45.1 Å². The Morgan fingerprint density at radius 2 is 1.80 bits per heavy atom. The first-order chi connectivity index (χ1) is 7.31. The van der Waals surface area contributed by atoms with Gasteiger partial charge in [-0.05, 0) is 36.3 Å². The highest BCUT2D eigenvalue weighted by atomic mass is 79.9. The molecule has 2 saturated heterocycles. The SMILES string of the molecule is Brc1ccccc1CN1CC2CC(C2)C1. The first kappa shape index (κ1) is 9.86. The molecule has 2 bridgehead atoms. The molecule has 2 heterocycles. The fourth-order valence-electron chi connectivity index (χ4n) is 2.97. The number of fused-ring (bicyclic) bond motifs is 2. The molecule has 1 nitrogen and oxygen atoms in total. The number of hydrogen-bond donors (Lipinski definition) is 0. The third-order valence-corrected chi connectivity index (χ3v) is 4.49. The molecule has 0 amide bonds. The van der Waals surface area contributed by atoms with Crippen LogP contribution in [-0.4, -0.2) is 18.0 Å². The number of piperidine rings is 2. The van der Waals surface area contributed by atoms with E-state index < -0.39 is 0 Å². The summed E-state index contributed by atoms with van der Waals surface area (Å²) in [5.41, 5.74) is 1.43. The smallest absolute Gasteiger partial charge is 0.0245 e. The van der Waals surface area contributed by atoms with Crippen LogP contribution in [0.1, 0.15) is 18.4 Å². The molecular weight excluding hydrogens is 250 g/mol. The fraction of sp³-hybridized carbons (Fsp3) is 0.538. The molecule has 2 heteroatoms. The van der Waals surface area contributed by atoms with Crippen LogP contribution in [0.2, 0.25) is 0 Å². The number of hydrogen-bond acceptors (Lipinski definition) is 1. The largest absolute Gasteiger partial charge is 0.298 e. The maximum absolute atomic E-state index is 3.62. The maximum atomic E-state index is 3.62. The van der Waals surface area contributed by atoms with Crippen LogP contribution in [0.3, 0.4) is 0 Å². The molecule has 4 rings (SSSR count). The van der Waals surface area contributed by atoms with Gasteiger partial charge in [0, 0.05) is 24.1 Å². The highest BCUT2D eigenvalue weighted by Crippen LogP contribution is 2.40. The van der Waals surface area contributed by atoms with E-state index in [-0.39, 0.29) is 0 Å². The summed E-state index contributed by atoms with van der Waals surface area (Å²) in [4.78, 5) is 2.61. The molecule has 0 aromatic heterocycles. The number of halogens is 1. The lowest BCUT2D eigenvalue weighted by atomic mass is 9.71. The van der Waals surface area contributed by atoms with Crippen molar-refractivity contribution in [3.05, 3.63) is 34.3 Å². The first-order valence-electron chi connectivity index (χ1n) is 5.77. The Balaban J connectivity index is 1.68. The second-order valence-corrected chi connectivity index (χ2v) is 5.84. The standard InChI is InChI=1S/C13H16BrN/c14-13-4-2-1-3-12(13)9-15-7-10-5-11(6-10)8-15/h1-4,10-11H,5-9H2. The van der Waals surface area contributed by atoms with E-state index in [9.17, 15) is 0 Å². The molecule has 0 N–H and O–H groups in total. The Labute approximate surface area is 99.6 Å². The Morgan fingerprint density at radius 3 is 2.47 bits per heavy atom. The van der Waals surface area contributed by atoms with Crippen molar-refractivity contribution in [2.45, 2.75) is 19.4 Å². The average Bonchev–Trinajstić information content (AvgIpc) is 2.21. The van der Waals surface area contributed by atoms with Gasteiger partial charge in [0.2, 0.25) is 0 Å². The maximum Gasteiger partial charge on any atom is 0.0245 e. The summed E-state index contributed by atoms with van der Waals surface area (Å²) in [6, 6.07) is 8.58. The van der Waals surface area contributed by atoms with Crippen LogP contribution >= 0.6 is 15.9 Å².